The van der Waals surface area contributed by atoms with Gasteiger partial charge in [0.25, 0.3) is 0 Å². The lowest BCUT2D eigenvalue weighted by molar-refractivity contribution is 1.22. The van der Waals surface area contributed by atoms with Gasteiger partial charge >= 0.3 is 0 Å². The summed E-state index contributed by atoms with van der Waals surface area (Å²) >= 11 is 0. The topological polar surface area (TPSA) is 65.4 Å². The Labute approximate surface area is 62.5 Å². The third-order valence-electron chi connectivity index (χ3n) is 1.41. The van der Waals surface area contributed by atoms with Crippen LogP contribution < -0.4 is 0 Å². The fourth-order valence-electron chi connectivity index (χ4n) is 0.929. The Morgan fingerprint density at radius 3 is 3.18 bits per heavy atom. The summed E-state index contributed by atoms with van der Waals surface area (Å²) in [6, 6.07) is 3.68. The van der Waals surface area contributed by atoms with Crippen molar-refractivity contribution in [2.24, 2.45) is 0 Å². The molecule has 2 aromatic rings. The SMILES string of the molecule is N#Cc1cc2ncncc2[nH]1. The Balaban J connectivity index is 2.81. The second-order valence-corrected chi connectivity index (χ2v) is 2.12. The summed E-state index contributed by atoms with van der Waals surface area (Å²) in [6.45, 7) is 0. The average Bonchev–Trinajstić information content (AvgIpc) is 2.46. The minimum atomic E-state index is 0.514. The predicted molar refractivity (Wildman–Crippen MR) is 38.6 cm³/mol. The van der Waals surface area contributed by atoms with Gasteiger partial charge in [-0.15, -0.1) is 0 Å². The molecule has 0 fully saturated rings. The van der Waals surface area contributed by atoms with Crippen molar-refractivity contribution < 1.29 is 0 Å². The standard InChI is InChI=1S/C7H4N4/c8-2-5-1-6-7(11-5)3-9-4-10-6/h1,3-4,11H. The van der Waals surface area contributed by atoms with Crippen molar-refractivity contribution in [3.63, 3.8) is 0 Å². The van der Waals surface area contributed by atoms with E-state index in [0.717, 1.165) is 11.0 Å². The monoisotopic (exact) mass is 144 g/mol. The number of H-pyrrole nitrogens is 1. The lowest BCUT2D eigenvalue weighted by atomic mass is 10.4. The Kier molecular flexibility index (Phi) is 1.10. The molecule has 0 aliphatic heterocycles. The lowest BCUT2D eigenvalue weighted by Gasteiger charge is -1.82. The maximum atomic E-state index is 8.51. The molecule has 0 aliphatic carbocycles. The molecule has 0 aliphatic rings. The van der Waals surface area contributed by atoms with E-state index in [1.54, 1.807) is 12.3 Å². The molecule has 0 spiro atoms. The summed E-state index contributed by atoms with van der Waals surface area (Å²) in [5.41, 5.74) is 2.08. The lowest BCUT2D eigenvalue weighted by Crippen LogP contribution is -1.75. The van der Waals surface area contributed by atoms with Gasteiger partial charge < -0.3 is 4.98 Å². The zero-order chi connectivity index (χ0) is 7.68. The van der Waals surface area contributed by atoms with Crippen LogP contribution in [0.15, 0.2) is 18.6 Å². The largest absolute Gasteiger partial charge is 0.344 e. The number of aromatic amines is 1. The van der Waals surface area contributed by atoms with Crippen LogP contribution in [0.3, 0.4) is 0 Å². The number of nitrogens with zero attached hydrogens (tertiary/aromatic N) is 3. The third-order valence-corrected chi connectivity index (χ3v) is 1.41. The third kappa shape index (κ3) is 0.829. The highest BCUT2D eigenvalue weighted by molar-refractivity contribution is 5.75. The van der Waals surface area contributed by atoms with Crippen LogP contribution in [0.2, 0.25) is 0 Å². The van der Waals surface area contributed by atoms with E-state index in [1.807, 2.05) is 6.07 Å². The van der Waals surface area contributed by atoms with Crippen molar-refractivity contribution in [3.05, 3.63) is 24.3 Å². The Morgan fingerprint density at radius 1 is 1.55 bits per heavy atom. The highest BCUT2D eigenvalue weighted by atomic mass is 14.9. The molecule has 0 unspecified atom stereocenters. The molecular weight excluding hydrogens is 140 g/mol. The van der Waals surface area contributed by atoms with Crippen molar-refractivity contribution in [2.75, 3.05) is 0 Å². The summed E-state index contributed by atoms with van der Waals surface area (Å²) < 4.78 is 0. The first kappa shape index (κ1) is 5.86. The molecule has 0 saturated carbocycles. The second-order valence-electron chi connectivity index (χ2n) is 2.12. The number of nitrogens with one attached hydrogen (secondary N) is 1. The molecule has 0 aromatic carbocycles. The van der Waals surface area contributed by atoms with Gasteiger partial charge in [-0.05, 0) is 0 Å². The number of hydrogen-bond donors (Lipinski definition) is 1. The minimum absolute atomic E-state index is 0.514. The van der Waals surface area contributed by atoms with Crippen molar-refractivity contribution in [1.82, 2.24) is 15.0 Å². The molecule has 2 rings (SSSR count). The molecule has 1 N–H and O–H groups in total. The second kappa shape index (κ2) is 2.06. The molecule has 0 bridgehead atoms. The Morgan fingerprint density at radius 2 is 2.45 bits per heavy atom. The molecular formula is C7H4N4. The first-order valence-electron chi connectivity index (χ1n) is 3.09. The summed E-state index contributed by atoms with van der Waals surface area (Å²) in [4.78, 5) is 10.6. The molecule has 4 nitrogen and oxygen atoms in total. The average molecular weight is 144 g/mol. The summed E-state index contributed by atoms with van der Waals surface area (Å²) in [6.07, 6.45) is 3.10. The van der Waals surface area contributed by atoms with Gasteiger partial charge in [-0.2, -0.15) is 5.26 Å². The molecule has 0 atom stereocenters. The van der Waals surface area contributed by atoms with Crippen molar-refractivity contribution in [2.45, 2.75) is 0 Å². The zero-order valence-corrected chi connectivity index (χ0v) is 5.57. The van der Waals surface area contributed by atoms with Crippen molar-refractivity contribution >= 4 is 11.0 Å². The Bertz CT molecular complexity index is 390. The normalized spacial score (nSPS) is 9.73. The van der Waals surface area contributed by atoms with E-state index in [4.69, 9.17) is 5.26 Å². The summed E-state index contributed by atoms with van der Waals surface area (Å²) in [5.74, 6) is 0. The number of fused-ring (bicyclic) bond motifs is 1. The van der Waals surface area contributed by atoms with Gasteiger partial charge in [0.2, 0.25) is 0 Å². The van der Waals surface area contributed by atoms with Gasteiger partial charge in [0.05, 0.1) is 17.2 Å². The molecule has 2 heterocycles. The van der Waals surface area contributed by atoms with E-state index >= 15 is 0 Å². The number of rotatable bonds is 0. The first-order chi connectivity index (χ1) is 5.40. The molecule has 2 aromatic heterocycles. The number of hydrogen-bond acceptors (Lipinski definition) is 3. The minimum Gasteiger partial charge on any atom is -0.344 e. The molecule has 4 heteroatoms. The highest BCUT2D eigenvalue weighted by Crippen LogP contribution is 2.08. The van der Waals surface area contributed by atoms with Crippen LogP contribution in [0.5, 0.6) is 0 Å². The van der Waals surface area contributed by atoms with E-state index in [0.29, 0.717) is 5.69 Å². The van der Waals surface area contributed by atoms with E-state index < -0.39 is 0 Å². The van der Waals surface area contributed by atoms with Crippen LogP contribution in [-0.4, -0.2) is 15.0 Å². The highest BCUT2D eigenvalue weighted by Gasteiger charge is 1.98. The number of aromatic nitrogens is 3. The number of nitriles is 1. The van der Waals surface area contributed by atoms with E-state index in [-0.39, 0.29) is 0 Å². The van der Waals surface area contributed by atoms with Crippen molar-refractivity contribution in [1.29, 1.82) is 5.26 Å². The maximum Gasteiger partial charge on any atom is 0.120 e. The van der Waals surface area contributed by atoms with E-state index in [2.05, 4.69) is 15.0 Å². The summed E-state index contributed by atoms with van der Waals surface area (Å²) in [5, 5.41) is 8.51. The molecule has 11 heavy (non-hydrogen) atoms. The molecule has 0 saturated heterocycles. The van der Waals surface area contributed by atoms with Crippen LogP contribution in [0.4, 0.5) is 0 Å². The quantitative estimate of drug-likeness (QED) is 0.595. The maximum absolute atomic E-state index is 8.51. The van der Waals surface area contributed by atoms with Gasteiger partial charge in [0, 0.05) is 6.07 Å². The molecule has 0 radical (unpaired) electrons. The van der Waals surface area contributed by atoms with Gasteiger partial charge in [-0.1, -0.05) is 0 Å². The molecule has 0 amide bonds. The van der Waals surface area contributed by atoms with Crippen LogP contribution >= 0.6 is 0 Å². The van der Waals surface area contributed by atoms with E-state index in [9.17, 15) is 0 Å². The van der Waals surface area contributed by atoms with Gasteiger partial charge in [0.1, 0.15) is 18.1 Å². The van der Waals surface area contributed by atoms with Gasteiger partial charge in [0.15, 0.2) is 0 Å². The first-order valence-corrected chi connectivity index (χ1v) is 3.09. The van der Waals surface area contributed by atoms with Crippen LogP contribution in [0.1, 0.15) is 5.69 Å². The van der Waals surface area contributed by atoms with Crippen LogP contribution in [0.25, 0.3) is 11.0 Å². The van der Waals surface area contributed by atoms with Crippen LogP contribution in [0, 0.1) is 11.3 Å². The summed E-state index contributed by atoms with van der Waals surface area (Å²) in [7, 11) is 0. The zero-order valence-electron chi connectivity index (χ0n) is 5.57. The van der Waals surface area contributed by atoms with Gasteiger partial charge in [-0.3, -0.25) is 0 Å². The fourth-order valence-corrected chi connectivity index (χ4v) is 0.929. The fraction of sp³-hybridized carbons (Fsp3) is 0. The van der Waals surface area contributed by atoms with Crippen molar-refractivity contribution in [3.8, 4) is 6.07 Å². The predicted octanol–water partition coefficient (Wildman–Crippen LogP) is 0.830. The smallest absolute Gasteiger partial charge is 0.120 e. The van der Waals surface area contributed by atoms with E-state index in [1.165, 1.54) is 6.33 Å². The van der Waals surface area contributed by atoms with Gasteiger partial charge in [-0.25, -0.2) is 9.97 Å². The van der Waals surface area contributed by atoms with Crippen LogP contribution in [-0.2, 0) is 0 Å². The Hall–Kier alpha value is -1.89. The molecule has 52 valence electrons.